The Morgan fingerprint density at radius 2 is 1.79 bits per heavy atom. The summed E-state index contributed by atoms with van der Waals surface area (Å²) in [5, 5.41) is 11.8. The van der Waals surface area contributed by atoms with Crippen LogP contribution in [0.5, 0.6) is 0 Å². The summed E-state index contributed by atoms with van der Waals surface area (Å²) in [6, 6.07) is 2.06. The summed E-state index contributed by atoms with van der Waals surface area (Å²) in [5.41, 5.74) is -1.13. The molecule has 1 N–H and O–H groups in total. The molecule has 1 unspecified atom stereocenters. The van der Waals surface area contributed by atoms with Gasteiger partial charge in [-0.1, -0.05) is 13.8 Å². The van der Waals surface area contributed by atoms with Gasteiger partial charge in [0.1, 0.15) is 5.41 Å². The molecule has 1 amide bonds. The highest BCUT2D eigenvalue weighted by Gasteiger charge is 2.33. The minimum Gasteiger partial charge on any atom is -0.350 e. The fourth-order valence-corrected chi connectivity index (χ4v) is 0.824. The molecular formula is C11H20N2O. The third-order valence-corrected chi connectivity index (χ3v) is 2.79. The molecule has 0 saturated heterocycles. The van der Waals surface area contributed by atoms with Gasteiger partial charge in [0.25, 0.3) is 0 Å². The molecule has 0 aliphatic heterocycles. The maximum Gasteiger partial charge on any atom is 0.240 e. The Kier molecular flexibility index (Phi) is 4.12. The lowest BCUT2D eigenvalue weighted by Gasteiger charge is -2.29. The van der Waals surface area contributed by atoms with E-state index in [1.54, 1.807) is 6.92 Å². The Balaban J connectivity index is 4.58. The van der Waals surface area contributed by atoms with E-state index in [-0.39, 0.29) is 11.4 Å². The van der Waals surface area contributed by atoms with Crippen molar-refractivity contribution < 1.29 is 4.79 Å². The van der Waals surface area contributed by atoms with E-state index >= 15 is 0 Å². The standard InChI is InChI=1S/C11H20N2O/c1-6-10(3,4)13-9(14)11(5,7-2)8-12/h6-7H2,1-5H3,(H,13,14). The third kappa shape index (κ3) is 3.02. The fourth-order valence-electron chi connectivity index (χ4n) is 0.824. The minimum atomic E-state index is -0.896. The maximum atomic E-state index is 11.8. The molecule has 0 aliphatic rings. The van der Waals surface area contributed by atoms with Gasteiger partial charge in [0.2, 0.25) is 5.91 Å². The predicted molar refractivity (Wildman–Crippen MR) is 56.5 cm³/mol. The monoisotopic (exact) mass is 196 g/mol. The molecule has 0 aromatic carbocycles. The van der Waals surface area contributed by atoms with Crippen molar-refractivity contribution in [2.45, 2.75) is 53.0 Å². The molecule has 0 heterocycles. The van der Waals surface area contributed by atoms with Gasteiger partial charge < -0.3 is 5.32 Å². The van der Waals surface area contributed by atoms with Crippen molar-refractivity contribution in [1.82, 2.24) is 5.32 Å². The van der Waals surface area contributed by atoms with Crippen LogP contribution in [0.1, 0.15) is 47.5 Å². The summed E-state index contributed by atoms with van der Waals surface area (Å²) < 4.78 is 0. The van der Waals surface area contributed by atoms with E-state index in [1.807, 2.05) is 27.7 Å². The van der Waals surface area contributed by atoms with Gasteiger partial charge in [-0.3, -0.25) is 4.79 Å². The Labute approximate surface area is 86.5 Å². The van der Waals surface area contributed by atoms with Crippen LogP contribution >= 0.6 is 0 Å². The number of hydrogen-bond acceptors (Lipinski definition) is 2. The zero-order chi connectivity index (χ0) is 11.4. The zero-order valence-corrected chi connectivity index (χ0v) is 9.77. The van der Waals surface area contributed by atoms with Crippen LogP contribution in [0.3, 0.4) is 0 Å². The molecule has 0 aromatic heterocycles. The Morgan fingerprint density at radius 1 is 1.29 bits per heavy atom. The molecule has 0 saturated carbocycles. The maximum absolute atomic E-state index is 11.8. The quantitative estimate of drug-likeness (QED) is 0.749. The second-order valence-corrected chi connectivity index (χ2v) is 4.49. The van der Waals surface area contributed by atoms with E-state index in [2.05, 4.69) is 11.4 Å². The van der Waals surface area contributed by atoms with E-state index in [9.17, 15) is 4.79 Å². The molecule has 0 aliphatic carbocycles. The average molecular weight is 196 g/mol. The first-order valence-corrected chi connectivity index (χ1v) is 5.05. The fraction of sp³-hybridized carbons (Fsp3) is 0.818. The SMILES string of the molecule is CCC(C)(C)NC(=O)C(C)(C#N)CC. The highest BCUT2D eigenvalue weighted by molar-refractivity contribution is 5.85. The number of nitrogens with zero attached hydrogens (tertiary/aromatic N) is 1. The number of nitriles is 1. The van der Waals surface area contributed by atoms with E-state index < -0.39 is 5.41 Å². The second kappa shape index (κ2) is 4.45. The van der Waals surface area contributed by atoms with Gasteiger partial charge in [0, 0.05) is 5.54 Å². The Bertz CT molecular complexity index is 253. The van der Waals surface area contributed by atoms with Gasteiger partial charge in [-0.25, -0.2) is 0 Å². The molecule has 3 heteroatoms. The highest BCUT2D eigenvalue weighted by atomic mass is 16.2. The average Bonchev–Trinajstić information content (AvgIpc) is 2.16. The Morgan fingerprint density at radius 3 is 2.07 bits per heavy atom. The summed E-state index contributed by atoms with van der Waals surface area (Å²) >= 11 is 0. The highest BCUT2D eigenvalue weighted by Crippen LogP contribution is 2.21. The molecule has 0 fully saturated rings. The van der Waals surface area contributed by atoms with Crippen LogP contribution in [0.4, 0.5) is 0 Å². The second-order valence-electron chi connectivity index (χ2n) is 4.49. The largest absolute Gasteiger partial charge is 0.350 e. The van der Waals surface area contributed by atoms with Gasteiger partial charge >= 0.3 is 0 Å². The van der Waals surface area contributed by atoms with Crippen LogP contribution < -0.4 is 5.32 Å². The molecule has 3 nitrogen and oxygen atoms in total. The first-order chi connectivity index (χ1) is 6.31. The lowest BCUT2D eigenvalue weighted by Crippen LogP contribution is -2.48. The number of carbonyl (C=O) groups is 1. The van der Waals surface area contributed by atoms with Crippen molar-refractivity contribution in [3.8, 4) is 6.07 Å². The lowest BCUT2D eigenvalue weighted by molar-refractivity contribution is -0.129. The van der Waals surface area contributed by atoms with Crippen LogP contribution in [0.15, 0.2) is 0 Å². The van der Waals surface area contributed by atoms with Crippen LogP contribution in [-0.2, 0) is 4.79 Å². The van der Waals surface area contributed by atoms with Crippen LogP contribution in [0.25, 0.3) is 0 Å². The molecular weight excluding hydrogens is 176 g/mol. The molecule has 0 radical (unpaired) electrons. The van der Waals surface area contributed by atoms with Crippen LogP contribution in [0, 0.1) is 16.7 Å². The van der Waals surface area contributed by atoms with Crippen LogP contribution in [0.2, 0.25) is 0 Å². The Hall–Kier alpha value is -1.04. The molecule has 0 spiro atoms. The number of amides is 1. The summed E-state index contributed by atoms with van der Waals surface area (Å²) in [5.74, 6) is -0.172. The first-order valence-electron chi connectivity index (χ1n) is 5.05. The summed E-state index contributed by atoms with van der Waals surface area (Å²) in [4.78, 5) is 11.8. The molecule has 0 rings (SSSR count). The first kappa shape index (κ1) is 13.0. The third-order valence-electron chi connectivity index (χ3n) is 2.79. The van der Waals surface area contributed by atoms with Crippen molar-refractivity contribution >= 4 is 5.91 Å². The van der Waals surface area contributed by atoms with Crippen LogP contribution in [-0.4, -0.2) is 11.4 Å². The molecule has 0 aromatic rings. The van der Waals surface area contributed by atoms with E-state index in [0.717, 1.165) is 6.42 Å². The van der Waals surface area contributed by atoms with Gasteiger partial charge in [0.05, 0.1) is 6.07 Å². The van der Waals surface area contributed by atoms with E-state index in [1.165, 1.54) is 0 Å². The molecule has 1 atom stereocenters. The lowest BCUT2D eigenvalue weighted by atomic mass is 9.87. The van der Waals surface area contributed by atoms with E-state index in [4.69, 9.17) is 5.26 Å². The number of hydrogen-bond donors (Lipinski definition) is 1. The van der Waals surface area contributed by atoms with Crippen molar-refractivity contribution in [2.24, 2.45) is 5.41 Å². The van der Waals surface area contributed by atoms with Crippen molar-refractivity contribution in [1.29, 1.82) is 5.26 Å². The molecule has 14 heavy (non-hydrogen) atoms. The van der Waals surface area contributed by atoms with Gasteiger partial charge in [0.15, 0.2) is 0 Å². The number of carbonyl (C=O) groups excluding carboxylic acids is 1. The van der Waals surface area contributed by atoms with Gasteiger partial charge in [-0.15, -0.1) is 0 Å². The summed E-state index contributed by atoms with van der Waals surface area (Å²) in [6.07, 6.45) is 1.39. The molecule has 0 bridgehead atoms. The topological polar surface area (TPSA) is 52.9 Å². The van der Waals surface area contributed by atoms with Crippen molar-refractivity contribution in [2.75, 3.05) is 0 Å². The van der Waals surface area contributed by atoms with E-state index in [0.29, 0.717) is 6.42 Å². The minimum absolute atomic E-state index is 0.172. The zero-order valence-electron chi connectivity index (χ0n) is 9.77. The van der Waals surface area contributed by atoms with Crippen molar-refractivity contribution in [3.05, 3.63) is 0 Å². The number of nitrogens with one attached hydrogen (secondary N) is 1. The molecule has 80 valence electrons. The summed E-state index contributed by atoms with van der Waals surface area (Å²) in [7, 11) is 0. The smallest absolute Gasteiger partial charge is 0.240 e. The van der Waals surface area contributed by atoms with Crippen molar-refractivity contribution in [3.63, 3.8) is 0 Å². The normalized spacial score (nSPS) is 15.4. The van der Waals surface area contributed by atoms with Gasteiger partial charge in [-0.05, 0) is 33.6 Å². The summed E-state index contributed by atoms with van der Waals surface area (Å²) in [6.45, 7) is 9.45. The van der Waals surface area contributed by atoms with Gasteiger partial charge in [-0.2, -0.15) is 5.26 Å². The predicted octanol–water partition coefficient (Wildman–Crippen LogP) is 2.23. The number of rotatable bonds is 4.